The van der Waals surface area contributed by atoms with Gasteiger partial charge in [0.15, 0.2) is 0 Å². The van der Waals surface area contributed by atoms with E-state index in [0.717, 1.165) is 18.3 Å². The molecule has 0 aromatic heterocycles. The van der Waals surface area contributed by atoms with Crippen molar-refractivity contribution in [1.82, 2.24) is 0 Å². The van der Waals surface area contributed by atoms with Crippen molar-refractivity contribution in [2.24, 2.45) is 0 Å². The summed E-state index contributed by atoms with van der Waals surface area (Å²) in [5.41, 5.74) is 1.15. The Morgan fingerprint density at radius 1 is 1.36 bits per heavy atom. The number of aldehydes is 1. The van der Waals surface area contributed by atoms with E-state index < -0.39 is 0 Å². The van der Waals surface area contributed by atoms with Gasteiger partial charge in [-0.05, 0) is 12.0 Å². The topological polar surface area (TPSA) is 26.3 Å². The highest BCUT2D eigenvalue weighted by atomic mass is 16.5. The second kappa shape index (κ2) is 6.33. The fourth-order valence-electron chi connectivity index (χ4n) is 1.25. The van der Waals surface area contributed by atoms with Crippen LogP contribution in [0.1, 0.15) is 25.3 Å². The lowest BCUT2D eigenvalue weighted by Gasteiger charge is -2.12. The summed E-state index contributed by atoms with van der Waals surface area (Å²) in [5.74, 6) is 0. The van der Waals surface area contributed by atoms with Crippen molar-refractivity contribution in [3.8, 4) is 0 Å². The molecular formula is C12H16O2. The van der Waals surface area contributed by atoms with Gasteiger partial charge in [-0.3, -0.25) is 0 Å². The SMILES string of the molecule is CC[C@H](CC=O)OCc1ccccc1. The van der Waals surface area contributed by atoms with Crippen LogP contribution in [0.4, 0.5) is 0 Å². The minimum absolute atomic E-state index is 0.0627. The van der Waals surface area contributed by atoms with E-state index in [4.69, 9.17) is 4.74 Å². The van der Waals surface area contributed by atoms with Crippen LogP contribution < -0.4 is 0 Å². The van der Waals surface area contributed by atoms with Crippen molar-refractivity contribution in [3.63, 3.8) is 0 Å². The summed E-state index contributed by atoms with van der Waals surface area (Å²) in [7, 11) is 0. The summed E-state index contributed by atoms with van der Waals surface area (Å²) in [6, 6.07) is 9.99. The van der Waals surface area contributed by atoms with E-state index in [2.05, 4.69) is 0 Å². The fraction of sp³-hybridized carbons (Fsp3) is 0.417. The molecule has 0 aliphatic carbocycles. The molecule has 0 radical (unpaired) electrons. The van der Waals surface area contributed by atoms with Gasteiger partial charge in [-0.2, -0.15) is 0 Å². The van der Waals surface area contributed by atoms with Gasteiger partial charge < -0.3 is 9.53 Å². The first-order valence-electron chi connectivity index (χ1n) is 4.96. The summed E-state index contributed by atoms with van der Waals surface area (Å²) in [5, 5.41) is 0. The molecule has 1 rings (SSSR count). The molecule has 0 aliphatic rings. The molecule has 0 unspecified atom stereocenters. The molecule has 0 heterocycles. The lowest BCUT2D eigenvalue weighted by Crippen LogP contribution is -2.11. The van der Waals surface area contributed by atoms with E-state index in [1.165, 1.54) is 0 Å². The second-order valence-corrected chi connectivity index (χ2v) is 3.23. The van der Waals surface area contributed by atoms with Crippen LogP contribution in [-0.2, 0) is 16.1 Å². The predicted molar refractivity (Wildman–Crippen MR) is 56.0 cm³/mol. The maximum absolute atomic E-state index is 10.3. The monoisotopic (exact) mass is 192 g/mol. The van der Waals surface area contributed by atoms with Gasteiger partial charge in [0, 0.05) is 6.42 Å². The maximum Gasteiger partial charge on any atom is 0.122 e. The van der Waals surface area contributed by atoms with Crippen LogP contribution in [0.25, 0.3) is 0 Å². The van der Waals surface area contributed by atoms with Gasteiger partial charge in [-0.15, -0.1) is 0 Å². The molecule has 1 aromatic rings. The van der Waals surface area contributed by atoms with Crippen LogP contribution >= 0.6 is 0 Å². The summed E-state index contributed by atoms with van der Waals surface area (Å²) in [4.78, 5) is 10.3. The Hall–Kier alpha value is -1.15. The first-order valence-corrected chi connectivity index (χ1v) is 4.96. The van der Waals surface area contributed by atoms with E-state index in [0.29, 0.717) is 13.0 Å². The Bertz CT molecular complexity index is 256. The standard InChI is InChI=1S/C12H16O2/c1-2-12(8-9-13)14-10-11-6-4-3-5-7-11/h3-7,9,12H,2,8,10H2,1H3/t12-/m1/s1. The molecule has 0 amide bonds. The zero-order valence-electron chi connectivity index (χ0n) is 8.48. The number of benzene rings is 1. The van der Waals surface area contributed by atoms with E-state index in [1.807, 2.05) is 37.3 Å². The highest BCUT2D eigenvalue weighted by molar-refractivity contribution is 5.50. The number of rotatable bonds is 6. The average molecular weight is 192 g/mol. The van der Waals surface area contributed by atoms with Crippen LogP contribution in [-0.4, -0.2) is 12.4 Å². The molecule has 14 heavy (non-hydrogen) atoms. The quantitative estimate of drug-likeness (QED) is 0.647. The molecule has 0 N–H and O–H groups in total. The largest absolute Gasteiger partial charge is 0.373 e. The van der Waals surface area contributed by atoms with Crippen molar-refractivity contribution in [2.45, 2.75) is 32.5 Å². The van der Waals surface area contributed by atoms with Crippen molar-refractivity contribution in [1.29, 1.82) is 0 Å². The number of carbonyl (C=O) groups excluding carboxylic acids is 1. The molecule has 1 atom stereocenters. The molecule has 1 aromatic carbocycles. The second-order valence-electron chi connectivity index (χ2n) is 3.23. The van der Waals surface area contributed by atoms with E-state index in [1.54, 1.807) is 0 Å². The summed E-state index contributed by atoms with van der Waals surface area (Å²) in [6.45, 7) is 2.62. The zero-order valence-corrected chi connectivity index (χ0v) is 8.48. The first kappa shape index (κ1) is 10.9. The maximum atomic E-state index is 10.3. The van der Waals surface area contributed by atoms with Crippen LogP contribution in [0.15, 0.2) is 30.3 Å². The van der Waals surface area contributed by atoms with Gasteiger partial charge >= 0.3 is 0 Å². The van der Waals surface area contributed by atoms with Crippen molar-refractivity contribution in [3.05, 3.63) is 35.9 Å². The van der Waals surface area contributed by atoms with Crippen LogP contribution in [0.5, 0.6) is 0 Å². The van der Waals surface area contributed by atoms with Gasteiger partial charge in [0.25, 0.3) is 0 Å². The van der Waals surface area contributed by atoms with E-state index >= 15 is 0 Å². The first-order chi connectivity index (χ1) is 6.86. The van der Waals surface area contributed by atoms with Gasteiger partial charge in [-0.25, -0.2) is 0 Å². The highest BCUT2D eigenvalue weighted by Crippen LogP contribution is 2.07. The Kier molecular flexibility index (Phi) is 4.94. The van der Waals surface area contributed by atoms with Gasteiger partial charge in [0.2, 0.25) is 0 Å². The summed E-state index contributed by atoms with van der Waals surface area (Å²) in [6.07, 6.45) is 2.35. The van der Waals surface area contributed by atoms with E-state index in [9.17, 15) is 4.79 Å². The molecule has 0 aliphatic heterocycles. The molecule has 0 bridgehead atoms. The molecule has 76 valence electrons. The summed E-state index contributed by atoms with van der Waals surface area (Å²) >= 11 is 0. The third kappa shape index (κ3) is 3.71. The molecule has 0 saturated heterocycles. The number of carbonyl (C=O) groups is 1. The molecule has 0 saturated carbocycles. The van der Waals surface area contributed by atoms with Crippen LogP contribution in [0.2, 0.25) is 0 Å². The van der Waals surface area contributed by atoms with Gasteiger partial charge in [-0.1, -0.05) is 37.3 Å². The van der Waals surface area contributed by atoms with E-state index in [-0.39, 0.29) is 6.10 Å². The minimum atomic E-state index is 0.0627. The van der Waals surface area contributed by atoms with Gasteiger partial charge in [0.1, 0.15) is 6.29 Å². The lowest BCUT2D eigenvalue weighted by atomic mass is 10.2. The zero-order chi connectivity index (χ0) is 10.2. The van der Waals surface area contributed by atoms with Crippen molar-refractivity contribution >= 4 is 6.29 Å². The Balaban J connectivity index is 2.35. The Labute approximate surface area is 84.9 Å². The van der Waals surface area contributed by atoms with Crippen molar-refractivity contribution < 1.29 is 9.53 Å². The third-order valence-electron chi connectivity index (χ3n) is 2.14. The van der Waals surface area contributed by atoms with Crippen molar-refractivity contribution in [2.75, 3.05) is 0 Å². The molecule has 0 fully saturated rings. The molecule has 0 spiro atoms. The number of hydrogen-bond donors (Lipinski definition) is 0. The molecule has 2 heteroatoms. The molecular weight excluding hydrogens is 176 g/mol. The predicted octanol–water partition coefficient (Wildman–Crippen LogP) is 2.57. The number of ether oxygens (including phenoxy) is 1. The Morgan fingerprint density at radius 3 is 2.64 bits per heavy atom. The highest BCUT2D eigenvalue weighted by Gasteiger charge is 2.05. The van der Waals surface area contributed by atoms with Crippen LogP contribution in [0.3, 0.4) is 0 Å². The normalized spacial score (nSPS) is 12.4. The minimum Gasteiger partial charge on any atom is -0.373 e. The molecule has 2 nitrogen and oxygen atoms in total. The lowest BCUT2D eigenvalue weighted by molar-refractivity contribution is -0.110. The Morgan fingerprint density at radius 2 is 2.07 bits per heavy atom. The summed E-state index contributed by atoms with van der Waals surface area (Å²) < 4.78 is 5.59. The van der Waals surface area contributed by atoms with Gasteiger partial charge in [0.05, 0.1) is 12.7 Å². The van der Waals surface area contributed by atoms with Crippen LogP contribution in [0, 0.1) is 0 Å². The third-order valence-corrected chi connectivity index (χ3v) is 2.14. The smallest absolute Gasteiger partial charge is 0.122 e. The number of hydrogen-bond acceptors (Lipinski definition) is 2. The average Bonchev–Trinajstić information content (AvgIpc) is 2.25. The fourth-order valence-corrected chi connectivity index (χ4v) is 1.25.